The normalized spacial score (nSPS) is 21.1. The summed E-state index contributed by atoms with van der Waals surface area (Å²) in [6.07, 6.45) is 4.99. The lowest BCUT2D eigenvalue weighted by Gasteiger charge is -2.24. The van der Waals surface area contributed by atoms with Crippen LogP contribution in [-0.4, -0.2) is 58.5 Å². The minimum absolute atomic E-state index is 0.256. The summed E-state index contributed by atoms with van der Waals surface area (Å²) in [6.45, 7) is 5.26. The molecule has 1 N–H and O–H groups in total. The SMILES string of the molecule is CCCCCS(=O)(=O)NC[C@H]1CCCN1CCOC. The Kier molecular flexibility index (Phi) is 7.90. The van der Waals surface area contributed by atoms with Gasteiger partial charge in [-0.1, -0.05) is 19.8 Å². The number of rotatable bonds is 10. The molecular formula is C13H28N2O3S. The molecular weight excluding hydrogens is 264 g/mol. The molecule has 1 heterocycles. The first-order chi connectivity index (χ1) is 9.09. The van der Waals surface area contributed by atoms with Crippen molar-refractivity contribution in [1.82, 2.24) is 9.62 Å². The van der Waals surface area contributed by atoms with Crippen LogP contribution in [0.5, 0.6) is 0 Å². The van der Waals surface area contributed by atoms with Crippen LogP contribution in [0.3, 0.4) is 0 Å². The zero-order valence-corrected chi connectivity index (χ0v) is 13.0. The second-order valence-electron chi connectivity index (χ2n) is 5.20. The van der Waals surface area contributed by atoms with Crippen LogP contribution in [0.15, 0.2) is 0 Å². The van der Waals surface area contributed by atoms with Crippen molar-refractivity contribution in [1.29, 1.82) is 0 Å². The Morgan fingerprint density at radius 3 is 2.84 bits per heavy atom. The van der Waals surface area contributed by atoms with Crippen LogP contribution < -0.4 is 4.72 Å². The summed E-state index contributed by atoms with van der Waals surface area (Å²) in [5.41, 5.74) is 0. The third-order valence-electron chi connectivity index (χ3n) is 3.64. The third-order valence-corrected chi connectivity index (χ3v) is 5.07. The van der Waals surface area contributed by atoms with Crippen molar-refractivity contribution in [3.63, 3.8) is 0 Å². The molecule has 1 aliphatic rings. The second kappa shape index (κ2) is 8.89. The lowest BCUT2D eigenvalue weighted by atomic mass is 10.2. The molecule has 1 fully saturated rings. The van der Waals surface area contributed by atoms with Gasteiger partial charge in [0.1, 0.15) is 0 Å². The van der Waals surface area contributed by atoms with E-state index in [1.54, 1.807) is 7.11 Å². The van der Waals surface area contributed by atoms with Crippen molar-refractivity contribution in [3.8, 4) is 0 Å². The Balaban J connectivity index is 2.29. The molecule has 0 aromatic rings. The fourth-order valence-electron chi connectivity index (χ4n) is 2.47. The molecule has 1 atom stereocenters. The number of hydrogen-bond acceptors (Lipinski definition) is 4. The average molecular weight is 292 g/mol. The molecule has 19 heavy (non-hydrogen) atoms. The van der Waals surface area contributed by atoms with Gasteiger partial charge in [-0.25, -0.2) is 13.1 Å². The molecule has 1 aliphatic heterocycles. The number of sulfonamides is 1. The Morgan fingerprint density at radius 1 is 1.37 bits per heavy atom. The van der Waals surface area contributed by atoms with Gasteiger partial charge in [0.2, 0.25) is 10.0 Å². The van der Waals surface area contributed by atoms with Crippen LogP contribution >= 0.6 is 0 Å². The van der Waals surface area contributed by atoms with E-state index in [0.29, 0.717) is 19.2 Å². The van der Waals surface area contributed by atoms with E-state index in [9.17, 15) is 8.42 Å². The first kappa shape index (κ1) is 16.9. The van der Waals surface area contributed by atoms with Crippen LogP contribution in [0.25, 0.3) is 0 Å². The predicted molar refractivity (Wildman–Crippen MR) is 77.8 cm³/mol. The van der Waals surface area contributed by atoms with Gasteiger partial charge < -0.3 is 4.74 Å². The van der Waals surface area contributed by atoms with Gasteiger partial charge in [0, 0.05) is 26.2 Å². The van der Waals surface area contributed by atoms with Crippen molar-refractivity contribution in [2.75, 3.05) is 39.1 Å². The lowest BCUT2D eigenvalue weighted by molar-refractivity contribution is 0.141. The molecule has 0 aliphatic carbocycles. The Labute approximate surface area is 117 Å². The summed E-state index contributed by atoms with van der Waals surface area (Å²) in [5.74, 6) is 0.256. The van der Waals surface area contributed by atoms with Gasteiger partial charge in [-0.05, 0) is 25.8 Å². The number of unbranched alkanes of at least 4 members (excludes halogenated alkanes) is 2. The van der Waals surface area contributed by atoms with E-state index in [2.05, 4.69) is 16.5 Å². The van der Waals surface area contributed by atoms with Gasteiger partial charge in [-0.15, -0.1) is 0 Å². The maximum absolute atomic E-state index is 11.8. The van der Waals surface area contributed by atoms with Crippen molar-refractivity contribution in [2.45, 2.75) is 45.1 Å². The minimum Gasteiger partial charge on any atom is -0.383 e. The van der Waals surface area contributed by atoms with Crippen molar-refractivity contribution >= 4 is 10.0 Å². The number of nitrogens with one attached hydrogen (secondary N) is 1. The zero-order chi connectivity index (χ0) is 14.1. The average Bonchev–Trinajstić information content (AvgIpc) is 2.82. The number of nitrogens with zero attached hydrogens (tertiary/aromatic N) is 1. The monoisotopic (exact) mass is 292 g/mol. The largest absolute Gasteiger partial charge is 0.383 e. The first-order valence-electron chi connectivity index (χ1n) is 7.29. The lowest BCUT2D eigenvalue weighted by Crippen LogP contribution is -2.42. The summed E-state index contributed by atoms with van der Waals surface area (Å²) >= 11 is 0. The molecule has 0 unspecified atom stereocenters. The molecule has 0 aromatic carbocycles. The van der Waals surface area contributed by atoms with Gasteiger partial charge >= 0.3 is 0 Å². The Bertz CT molecular complexity index is 333. The topological polar surface area (TPSA) is 58.6 Å². The summed E-state index contributed by atoms with van der Waals surface area (Å²) in [5, 5.41) is 0. The molecule has 0 saturated carbocycles. The van der Waals surface area contributed by atoms with E-state index < -0.39 is 10.0 Å². The van der Waals surface area contributed by atoms with E-state index in [1.807, 2.05) is 0 Å². The molecule has 6 heteroatoms. The fraction of sp³-hybridized carbons (Fsp3) is 1.00. The maximum atomic E-state index is 11.8. The van der Waals surface area contributed by atoms with E-state index in [1.165, 1.54) is 0 Å². The van der Waals surface area contributed by atoms with Crippen molar-refractivity contribution in [3.05, 3.63) is 0 Å². The molecule has 5 nitrogen and oxygen atoms in total. The van der Waals surface area contributed by atoms with Crippen molar-refractivity contribution in [2.24, 2.45) is 0 Å². The smallest absolute Gasteiger partial charge is 0.211 e. The van der Waals surface area contributed by atoms with Gasteiger partial charge in [0.25, 0.3) is 0 Å². The fourth-order valence-corrected chi connectivity index (χ4v) is 3.64. The number of hydrogen-bond donors (Lipinski definition) is 1. The van der Waals surface area contributed by atoms with Gasteiger partial charge in [0.15, 0.2) is 0 Å². The number of ether oxygens (including phenoxy) is 1. The highest BCUT2D eigenvalue weighted by Gasteiger charge is 2.25. The van der Waals surface area contributed by atoms with Crippen LogP contribution in [0, 0.1) is 0 Å². The molecule has 0 bridgehead atoms. The molecule has 0 aromatic heterocycles. The summed E-state index contributed by atoms with van der Waals surface area (Å²) in [7, 11) is -1.40. The predicted octanol–water partition coefficient (Wildman–Crippen LogP) is 1.21. The summed E-state index contributed by atoms with van der Waals surface area (Å²) in [4.78, 5) is 2.32. The molecule has 0 amide bonds. The third kappa shape index (κ3) is 6.70. The van der Waals surface area contributed by atoms with Gasteiger partial charge in [-0.3, -0.25) is 4.90 Å². The molecule has 1 saturated heterocycles. The molecule has 0 radical (unpaired) electrons. The van der Waals surface area contributed by atoms with E-state index >= 15 is 0 Å². The van der Waals surface area contributed by atoms with Gasteiger partial charge in [0.05, 0.1) is 12.4 Å². The highest BCUT2D eigenvalue weighted by atomic mass is 32.2. The standard InChI is InChI=1S/C13H28N2O3S/c1-3-4-5-11-19(16,17)14-12-13-7-6-8-15(13)9-10-18-2/h13-14H,3-12H2,1-2H3/t13-/m1/s1. The Morgan fingerprint density at radius 2 is 2.16 bits per heavy atom. The molecule has 114 valence electrons. The van der Waals surface area contributed by atoms with Crippen LogP contribution in [0.2, 0.25) is 0 Å². The van der Waals surface area contributed by atoms with E-state index in [-0.39, 0.29) is 5.75 Å². The summed E-state index contributed by atoms with van der Waals surface area (Å²) in [6, 6.07) is 0.330. The molecule has 1 rings (SSSR count). The molecule has 0 spiro atoms. The Hall–Kier alpha value is -0.170. The van der Waals surface area contributed by atoms with E-state index in [0.717, 1.165) is 45.2 Å². The van der Waals surface area contributed by atoms with Crippen LogP contribution in [0.4, 0.5) is 0 Å². The van der Waals surface area contributed by atoms with Crippen LogP contribution in [-0.2, 0) is 14.8 Å². The van der Waals surface area contributed by atoms with Crippen molar-refractivity contribution < 1.29 is 13.2 Å². The van der Waals surface area contributed by atoms with E-state index in [4.69, 9.17) is 4.74 Å². The second-order valence-corrected chi connectivity index (χ2v) is 7.13. The maximum Gasteiger partial charge on any atom is 0.211 e. The van der Waals surface area contributed by atoms with Crippen LogP contribution in [0.1, 0.15) is 39.0 Å². The minimum atomic E-state index is -3.09. The number of likely N-dealkylation sites (tertiary alicyclic amines) is 1. The number of methoxy groups -OCH3 is 1. The van der Waals surface area contributed by atoms with Gasteiger partial charge in [-0.2, -0.15) is 0 Å². The first-order valence-corrected chi connectivity index (χ1v) is 8.94. The summed E-state index contributed by atoms with van der Waals surface area (Å²) < 4.78 is 31.5. The highest BCUT2D eigenvalue weighted by Crippen LogP contribution is 2.16. The zero-order valence-electron chi connectivity index (χ0n) is 12.2. The quantitative estimate of drug-likeness (QED) is 0.615. The highest BCUT2D eigenvalue weighted by molar-refractivity contribution is 7.89.